The zero-order valence-electron chi connectivity index (χ0n) is 13.0. The van der Waals surface area contributed by atoms with Crippen LogP contribution in [0.4, 0.5) is 4.39 Å². The van der Waals surface area contributed by atoms with Gasteiger partial charge in [-0.05, 0) is 13.0 Å². The van der Waals surface area contributed by atoms with E-state index in [2.05, 4.69) is 9.47 Å². The third-order valence-electron chi connectivity index (χ3n) is 3.41. The number of ether oxygens (including phenoxy) is 3. The average molecular weight is 331 g/mol. The van der Waals surface area contributed by atoms with Crippen molar-refractivity contribution in [3.05, 3.63) is 33.9 Å². The third-order valence-corrected chi connectivity index (χ3v) is 3.41. The highest BCUT2D eigenvalue weighted by atomic mass is 19.1. The predicted octanol–water partition coefficient (Wildman–Crippen LogP) is 1.25. The highest BCUT2D eigenvalue weighted by Gasteiger charge is 2.46. The van der Waals surface area contributed by atoms with E-state index in [0.29, 0.717) is 0 Å². The lowest BCUT2D eigenvalue weighted by atomic mass is 9.81. The van der Waals surface area contributed by atoms with Crippen molar-refractivity contribution < 1.29 is 33.1 Å². The van der Waals surface area contributed by atoms with Gasteiger partial charge in [0.1, 0.15) is 11.6 Å². The quantitative estimate of drug-likeness (QED) is 0.285. The van der Waals surface area contributed by atoms with Crippen LogP contribution in [0.3, 0.4) is 0 Å². The van der Waals surface area contributed by atoms with Gasteiger partial charge in [0.25, 0.3) is 0 Å². The minimum atomic E-state index is -1.61. The Morgan fingerprint density at radius 2 is 1.91 bits per heavy atom. The summed E-state index contributed by atoms with van der Waals surface area (Å²) in [7, 11) is 2.06. The fourth-order valence-corrected chi connectivity index (χ4v) is 2.42. The number of methoxy groups -OCH3 is 2. The first-order valence-electron chi connectivity index (χ1n) is 6.84. The number of halogens is 1. The van der Waals surface area contributed by atoms with E-state index >= 15 is 0 Å². The van der Waals surface area contributed by atoms with Crippen LogP contribution in [0.25, 0.3) is 0 Å². The number of nitrogens with zero attached hydrogens (tertiary/aromatic N) is 1. The van der Waals surface area contributed by atoms with Crippen LogP contribution in [0, 0.1) is 27.9 Å². The number of hydrogen-bond donors (Lipinski definition) is 0. The average Bonchev–Trinajstić information content (AvgIpc) is 2.86. The molecule has 0 aromatic rings. The van der Waals surface area contributed by atoms with Gasteiger partial charge < -0.3 is 14.2 Å². The fraction of sp³-hybridized carbons (Fsp3) is 0.571. The topological polar surface area (TPSA) is 105 Å². The molecule has 0 aliphatic heterocycles. The Morgan fingerprint density at radius 3 is 2.35 bits per heavy atom. The Balaban J connectivity index is 3.22. The van der Waals surface area contributed by atoms with Crippen LogP contribution in [-0.2, 0) is 23.8 Å². The summed E-state index contributed by atoms with van der Waals surface area (Å²) >= 11 is 0. The van der Waals surface area contributed by atoms with Crippen molar-refractivity contribution in [3.63, 3.8) is 0 Å². The van der Waals surface area contributed by atoms with Crippen LogP contribution in [0.15, 0.2) is 23.7 Å². The largest absolute Gasteiger partial charge is 0.494 e. The predicted molar refractivity (Wildman–Crippen MR) is 75.3 cm³/mol. The Kier molecular flexibility index (Phi) is 6.67. The normalized spacial score (nSPS) is 18.0. The van der Waals surface area contributed by atoms with Crippen molar-refractivity contribution in [1.82, 2.24) is 0 Å². The molecule has 1 aliphatic carbocycles. The van der Waals surface area contributed by atoms with E-state index in [1.54, 1.807) is 6.92 Å². The van der Waals surface area contributed by atoms with Crippen molar-refractivity contribution in [2.45, 2.75) is 6.92 Å². The smallest absolute Gasteiger partial charge is 0.320 e. The number of carbonyl (C=O) groups excluding carboxylic acids is 2. The number of hydrogen-bond acceptors (Lipinski definition) is 7. The zero-order valence-corrected chi connectivity index (χ0v) is 13.0. The Hall–Kier alpha value is -2.45. The van der Waals surface area contributed by atoms with Crippen LogP contribution >= 0.6 is 0 Å². The molecule has 128 valence electrons. The Morgan fingerprint density at radius 1 is 1.35 bits per heavy atom. The van der Waals surface area contributed by atoms with Crippen LogP contribution in [0.5, 0.6) is 0 Å². The van der Waals surface area contributed by atoms with Crippen molar-refractivity contribution >= 4 is 11.9 Å². The lowest BCUT2D eigenvalue weighted by molar-refractivity contribution is -0.490. The van der Waals surface area contributed by atoms with Gasteiger partial charge >= 0.3 is 11.9 Å². The van der Waals surface area contributed by atoms with Crippen molar-refractivity contribution in [2.75, 3.05) is 27.4 Å². The number of esters is 2. The minimum absolute atomic E-state index is 0.192. The molecule has 0 aromatic carbocycles. The summed E-state index contributed by atoms with van der Waals surface area (Å²) in [6.45, 7) is 1.16. The molecule has 0 amide bonds. The van der Waals surface area contributed by atoms with Gasteiger partial charge in [-0.1, -0.05) is 0 Å². The maximum atomic E-state index is 14.2. The molecule has 8 nitrogen and oxygen atoms in total. The first-order chi connectivity index (χ1) is 10.8. The van der Waals surface area contributed by atoms with E-state index in [4.69, 9.17) is 4.74 Å². The maximum absolute atomic E-state index is 14.2. The summed E-state index contributed by atoms with van der Waals surface area (Å²) < 4.78 is 28.3. The molecule has 0 heterocycles. The first kappa shape index (κ1) is 18.6. The second-order valence-corrected chi connectivity index (χ2v) is 4.76. The number of nitro groups is 1. The molecule has 1 aliphatic rings. The molecule has 0 bridgehead atoms. The van der Waals surface area contributed by atoms with Gasteiger partial charge in [-0.2, -0.15) is 0 Å². The van der Waals surface area contributed by atoms with Gasteiger partial charge in [-0.15, -0.1) is 0 Å². The van der Waals surface area contributed by atoms with Gasteiger partial charge in [0.15, 0.2) is 5.92 Å². The van der Waals surface area contributed by atoms with E-state index in [0.717, 1.165) is 20.3 Å². The highest BCUT2D eigenvalue weighted by Crippen LogP contribution is 2.37. The molecule has 2 unspecified atom stereocenters. The Bertz CT molecular complexity index is 527. The molecule has 2 atom stereocenters. The van der Waals surface area contributed by atoms with Crippen LogP contribution < -0.4 is 0 Å². The standard InChI is InChI=1S/C14H18FNO7/c1-4-23-8-5-9(11(15)6-8)10(7-16(19)20)12(13(17)21-2)14(18)22-3/h5-6,9-10,12H,4,7H2,1-3H3. The lowest BCUT2D eigenvalue weighted by Gasteiger charge is -2.24. The molecule has 0 saturated carbocycles. The minimum Gasteiger partial charge on any atom is -0.494 e. The molecule has 0 spiro atoms. The van der Waals surface area contributed by atoms with E-state index < -0.39 is 47.0 Å². The molecule has 0 aromatic heterocycles. The summed E-state index contributed by atoms with van der Waals surface area (Å²) in [6.07, 6.45) is 2.39. The van der Waals surface area contributed by atoms with E-state index in [9.17, 15) is 24.1 Å². The molecular weight excluding hydrogens is 313 g/mol. The second kappa shape index (κ2) is 8.25. The van der Waals surface area contributed by atoms with E-state index in [1.165, 1.54) is 6.08 Å². The molecule has 23 heavy (non-hydrogen) atoms. The lowest BCUT2D eigenvalue weighted by Crippen LogP contribution is -2.40. The highest BCUT2D eigenvalue weighted by molar-refractivity contribution is 5.95. The van der Waals surface area contributed by atoms with Crippen molar-refractivity contribution in [2.24, 2.45) is 17.8 Å². The SMILES string of the molecule is CCOC1=CC(C(C[N+](=O)[O-])C(C(=O)OC)C(=O)OC)C(F)=C1. The van der Waals surface area contributed by atoms with E-state index in [1.807, 2.05) is 0 Å². The fourth-order valence-electron chi connectivity index (χ4n) is 2.42. The first-order valence-corrected chi connectivity index (χ1v) is 6.84. The monoisotopic (exact) mass is 331 g/mol. The molecule has 0 saturated heterocycles. The summed E-state index contributed by atoms with van der Waals surface area (Å²) in [5.74, 6) is -6.62. The summed E-state index contributed by atoms with van der Waals surface area (Å²) in [6, 6.07) is 0. The molecule has 0 radical (unpaired) electrons. The van der Waals surface area contributed by atoms with Gasteiger partial charge in [-0.3, -0.25) is 19.7 Å². The molecular formula is C14H18FNO7. The van der Waals surface area contributed by atoms with Crippen LogP contribution in [0.2, 0.25) is 0 Å². The van der Waals surface area contributed by atoms with Crippen LogP contribution in [0.1, 0.15) is 6.92 Å². The number of carbonyl (C=O) groups is 2. The van der Waals surface area contributed by atoms with Gasteiger partial charge in [0.2, 0.25) is 6.54 Å². The van der Waals surface area contributed by atoms with Gasteiger partial charge in [0.05, 0.1) is 26.7 Å². The molecule has 9 heteroatoms. The number of rotatable bonds is 8. The van der Waals surface area contributed by atoms with Gasteiger partial charge in [0, 0.05) is 16.9 Å². The van der Waals surface area contributed by atoms with Crippen LogP contribution in [-0.4, -0.2) is 44.2 Å². The number of allylic oxidation sites excluding steroid dienone is 3. The van der Waals surface area contributed by atoms with Crippen molar-refractivity contribution in [3.8, 4) is 0 Å². The maximum Gasteiger partial charge on any atom is 0.320 e. The summed E-state index contributed by atoms with van der Waals surface area (Å²) in [5, 5.41) is 10.9. The molecule has 0 N–H and O–H groups in total. The second-order valence-electron chi connectivity index (χ2n) is 4.76. The van der Waals surface area contributed by atoms with Gasteiger partial charge in [-0.25, -0.2) is 4.39 Å². The Labute approximate surface area is 132 Å². The molecule has 1 rings (SSSR count). The van der Waals surface area contributed by atoms with Crippen molar-refractivity contribution in [1.29, 1.82) is 0 Å². The van der Waals surface area contributed by atoms with E-state index in [-0.39, 0.29) is 12.4 Å². The summed E-state index contributed by atoms with van der Waals surface area (Å²) in [5.41, 5.74) is 0. The third kappa shape index (κ3) is 4.51. The molecule has 0 fully saturated rings. The zero-order chi connectivity index (χ0) is 17.6. The summed E-state index contributed by atoms with van der Waals surface area (Å²) in [4.78, 5) is 33.9.